The average molecular weight is 548 g/mol. The first kappa shape index (κ1) is 24.9. The van der Waals surface area contributed by atoms with Crippen LogP contribution in [-0.4, -0.2) is 27.4 Å². The molecule has 180 valence electrons. The highest BCUT2D eigenvalue weighted by molar-refractivity contribution is 9.10. The van der Waals surface area contributed by atoms with Crippen LogP contribution in [0.1, 0.15) is 16.1 Å². The van der Waals surface area contributed by atoms with E-state index in [2.05, 4.69) is 25.9 Å². The lowest BCUT2D eigenvalue weighted by atomic mass is 10.1. The Morgan fingerprint density at radius 2 is 1.75 bits per heavy atom. The summed E-state index contributed by atoms with van der Waals surface area (Å²) in [5.41, 5.74) is 2.81. The number of pyridine rings is 1. The van der Waals surface area contributed by atoms with Crippen molar-refractivity contribution in [2.45, 2.75) is 0 Å². The van der Waals surface area contributed by atoms with Crippen molar-refractivity contribution >= 4 is 21.7 Å². The molecule has 3 aromatic carbocycles. The van der Waals surface area contributed by atoms with Gasteiger partial charge in [0.2, 0.25) is 5.78 Å². The summed E-state index contributed by atoms with van der Waals surface area (Å²) in [5, 5.41) is 0. The van der Waals surface area contributed by atoms with E-state index < -0.39 is 0 Å². The van der Waals surface area contributed by atoms with E-state index in [1.165, 1.54) is 18.3 Å². The van der Waals surface area contributed by atoms with Crippen LogP contribution < -0.4 is 4.74 Å². The minimum atomic E-state index is -0.388. The zero-order valence-corrected chi connectivity index (χ0v) is 20.7. The Bertz CT molecular complexity index is 1470. The molecule has 0 saturated carbocycles. The van der Waals surface area contributed by atoms with Gasteiger partial charge in [-0.05, 0) is 66.2 Å². The molecule has 0 fully saturated rings. The number of halogens is 3. The fourth-order valence-corrected chi connectivity index (χ4v) is 3.75. The Labute approximate surface area is 215 Å². The van der Waals surface area contributed by atoms with Crippen LogP contribution in [0.4, 0.5) is 8.78 Å². The van der Waals surface area contributed by atoms with E-state index in [0.29, 0.717) is 28.1 Å². The SMILES string of the molecule is COc1ccc(C(=O)c2cn(-c3cccc(-c4ccncc4F)c3)cn2)cc1.Fc1cccc(Br)c1. The Morgan fingerprint density at radius 1 is 0.972 bits per heavy atom. The third-order valence-corrected chi connectivity index (χ3v) is 5.68. The summed E-state index contributed by atoms with van der Waals surface area (Å²) in [4.78, 5) is 20.7. The number of imidazole rings is 1. The zero-order valence-electron chi connectivity index (χ0n) is 19.1. The van der Waals surface area contributed by atoms with Crippen molar-refractivity contribution in [2.75, 3.05) is 7.11 Å². The molecule has 0 saturated heterocycles. The van der Waals surface area contributed by atoms with Gasteiger partial charge in [-0.3, -0.25) is 9.78 Å². The number of benzene rings is 3. The van der Waals surface area contributed by atoms with Crippen LogP contribution in [0.5, 0.6) is 5.75 Å². The van der Waals surface area contributed by atoms with Crippen LogP contribution in [0.15, 0.2) is 108 Å². The normalized spacial score (nSPS) is 10.3. The summed E-state index contributed by atoms with van der Waals surface area (Å²) in [6.07, 6.45) is 5.96. The summed E-state index contributed by atoms with van der Waals surface area (Å²) in [6.45, 7) is 0. The van der Waals surface area contributed by atoms with Gasteiger partial charge < -0.3 is 9.30 Å². The Morgan fingerprint density at radius 3 is 2.42 bits per heavy atom. The van der Waals surface area contributed by atoms with E-state index >= 15 is 0 Å². The molecular formula is C28H20BrF2N3O2. The predicted molar refractivity (Wildman–Crippen MR) is 137 cm³/mol. The minimum absolute atomic E-state index is 0.183. The van der Waals surface area contributed by atoms with E-state index in [1.807, 2.05) is 24.3 Å². The summed E-state index contributed by atoms with van der Waals surface area (Å²) in [6, 6.07) is 22.1. The van der Waals surface area contributed by atoms with Crippen molar-refractivity contribution in [1.82, 2.24) is 14.5 Å². The number of nitrogens with zero attached hydrogens (tertiary/aromatic N) is 3. The van der Waals surface area contributed by atoms with Crippen LogP contribution in [-0.2, 0) is 0 Å². The minimum Gasteiger partial charge on any atom is -0.497 e. The molecular weight excluding hydrogens is 528 g/mol. The molecule has 0 atom stereocenters. The van der Waals surface area contributed by atoms with Gasteiger partial charge in [0.25, 0.3) is 0 Å². The molecule has 0 aliphatic carbocycles. The molecule has 8 heteroatoms. The lowest BCUT2D eigenvalue weighted by Gasteiger charge is -2.07. The quantitative estimate of drug-likeness (QED) is 0.224. The van der Waals surface area contributed by atoms with Gasteiger partial charge in [-0.15, -0.1) is 0 Å². The molecule has 5 rings (SSSR count). The van der Waals surface area contributed by atoms with Crippen molar-refractivity contribution in [3.05, 3.63) is 131 Å². The number of ketones is 1. The van der Waals surface area contributed by atoms with Gasteiger partial charge in [-0.1, -0.05) is 34.1 Å². The highest BCUT2D eigenvalue weighted by atomic mass is 79.9. The molecule has 0 spiro atoms. The number of hydrogen-bond acceptors (Lipinski definition) is 4. The van der Waals surface area contributed by atoms with E-state index in [-0.39, 0.29) is 17.4 Å². The molecule has 5 nitrogen and oxygen atoms in total. The van der Waals surface area contributed by atoms with Crippen molar-refractivity contribution in [1.29, 1.82) is 0 Å². The second kappa shape index (κ2) is 11.5. The van der Waals surface area contributed by atoms with Gasteiger partial charge >= 0.3 is 0 Å². The smallest absolute Gasteiger partial charge is 0.212 e. The largest absolute Gasteiger partial charge is 0.497 e. The monoisotopic (exact) mass is 547 g/mol. The van der Waals surface area contributed by atoms with E-state index in [9.17, 15) is 13.6 Å². The molecule has 0 bridgehead atoms. The maximum absolute atomic E-state index is 14.0. The van der Waals surface area contributed by atoms with Crippen molar-refractivity contribution in [3.8, 4) is 22.6 Å². The van der Waals surface area contributed by atoms with Crippen LogP contribution in [0.3, 0.4) is 0 Å². The molecule has 0 N–H and O–H groups in total. The highest BCUT2D eigenvalue weighted by Gasteiger charge is 2.13. The van der Waals surface area contributed by atoms with Gasteiger partial charge in [-0.25, -0.2) is 13.8 Å². The lowest BCUT2D eigenvalue weighted by Crippen LogP contribution is -2.01. The van der Waals surface area contributed by atoms with Crippen LogP contribution >= 0.6 is 15.9 Å². The van der Waals surface area contributed by atoms with E-state index in [0.717, 1.165) is 10.2 Å². The number of hydrogen-bond donors (Lipinski definition) is 0. The van der Waals surface area contributed by atoms with Crippen LogP contribution in [0, 0.1) is 11.6 Å². The summed E-state index contributed by atoms with van der Waals surface area (Å²) >= 11 is 3.12. The number of carbonyl (C=O) groups is 1. The van der Waals surface area contributed by atoms with Crippen molar-refractivity contribution in [3.63, 3.8) is 0 Å². The highest BCUT2D eigenvalue weighted by Crippen LogP contribution is 2.24. The maximum Gasteiger partial charge on any atom is 0.212 e. The molecule has 0 aliphatic rings. The van der Waals surface area contributed by atoms with Gasteiger partial charge in [-0.2, -0.15) is 0 Å². The number of rotatable bonds is 5. The van der Waals surface area contributed by atoms with Crippen LogP contribution in [0.2, 0.25) is 0 Å². The van der Waals surface area contributed by atoms with Crippen molar-refractivity contribution < 1.29 is 18.3 Å². The number of aromatic nitrogens is 3. The number of ether oxygens (including phenoxy) is 1. The Hall–Kier alpha value is -4.17. The molecule has 36 heavy (non-hydrogen) atoms. The first-order valence-electron chi connectivity index (χ1n) is 10.8. The Kier molecular flexibility index (Phi) is 7.97. The summed E-state index contributed by atoms with van der Waals surface area (Å²) in [7, 11) is 1.57. The fourth-order valence-electron chi connectivity index (χ4n) is 3.37. The van der Waals surface area contributed by atoms with Crippen molar-refractivity contribution in [2.24, 2.45) is 0 Å². The van der Waals surface area contributed by atoms with Gasteiger partial charge in [0.1, 0.15) is 29.4 Å². The van der Waals surface area contributed by atoms with E-state index in [1.54, 1.807) is 72.9 Å². The second-order valence-corrected chi connectivity index (χ2v) is 8.49. The lowest BCUT2D eigenvalue weighted by molar-refractivity contribution is 0.103. The number of methoxy groups -OCH3 is 1. The first-order chi connectivity index (χ1) is 17.4. The molecule has 0 radical (unpaired) electrons. The molecule has 2 heterocycles. The van der Waals surface area contributed by atoms with E-state index in [4.69, 9.17) is 4.74 Å². The third-order valence-electron chi connectivity index (χ3n) is 5.18. The van der Waals surface area contributed by atoms with Gasteiger partial charge in [0.15, 0.2) is 0 Å². The second-order valence-electron chi connectivity index (χ2n) is 7.57. The molecule has 2 aromatic heterocycles. The molecule has 0 amide bonds. The fraction of sp³-hybridized carbons (Fsp3) is 0.0357. The van der Waals surface area contributed by atoms with Gasteiger partial charge in [0, 0.05) is 33.7 Å². The molecule has 0 aliphatic heterocycles. The Balaban J connectivity index is 0.000000325. The standard InChI is InChI=1S/C22H16FN3O2.C6H4BrF/c1-28-18-7-5-15(6-8-18)22(27)21-13-26(14-25-21)17-4-2-3-16(11-17)19-9-10-24-12-20(19)23;7-5-2-1-3-6(8)4-5/h2-14H,1H3;1-4H. The average Bonchev–Trinajstić information content (AvgIpc) is 3.39. The summed E-state index contributed by atoms with van der Waals surface area (Å²) < 4.78 is 33.8. The topological polar surface area (TPSA) is 57.0 Å². The number of carbonyl (C=O) groups excluding carboxylic acids is 1. The predicted octanol–water partition coefficient (Wildman–Crippen LogP) is 6.90. The van der Waals surface area contributed by atoms with Crippen LogP contribution in [0.25, 0.3) is 16.8 Å². The molecule has 5 aromatic rings. The summed E-state index contributed by atoms with van der Waals surface area (Å²) in [5.74, 6) is -0.0972. The molecule has 0 unspecified atom stereocenters. The zero-order chi connectivity index (χ0) is 25.5. The maximum atomic E-state index is 14.0. The van der Waals surface area contributed by atoms with Gasteiger partial charge in [0.05, 0.1) is 13.3 Å². The third kappa shape index (κ3) is 6.09. The first-order valence-corrected chi connectivity index (χ1v) is 11.6.